The topological polar surface area (TPSA) is 110 Å². The van der Waals surface area contributed by atoms with Crippen LogP contribution in [0.3, 0.4) is 0 Å². The molecule has 2 fully saturated rings. The number of aliphatic hydroxyl groups is 2. The van der Waals surface area contributed by atoms with Gasteiger partial charge in [-0.05, 0) is 104 Å². The van der Waals surface area contributed by atoms with E-state index in [1.165, 1.54) is 0 Å². The maximum absolute atomic E-state index is 14.8. The van der Waals surface area contributed by atoms with Crippen LogP contribution in [0.25, 0.3) is 22.3 Å². The monoisotopic (exact) mass is 724 g/mol. The molecule has 4 atom stereocenters. The summed E-state index contributed by atoms with van der Waals surface area (Å²) in [5.41, 5.74) is 6.28. The van der Waals surface area contributed by atoms with Crippen molar-refractivity contribution >= 4 is 50.8 Å². The van der Waals surface area contributed by atoms with Crippen LogP contribution in [0.15, 0.2) is 82.2 Å². The summed E-state index contributed by atoms with van der Waals surface area (Å²) in [5, 5.41) is 28.8. The molecule has 2 aromatic carbocycles. The summed E-state index contributed by atoms with van der Waals surface area (Å²) in [6.45, 7) is 2.18. The first-order valence-electron chi connectivity index (χ1n) is 16.6. The third-order valence-corrected chi connectivity index (χ3v) is 13.6. The summed E-state index contributed by atoms with van der Waals surface area (Å²) < 4.78 is 28.0. The lowest BCUT2D eigenvalue weighted by molar-refractivity contribution is -0.130. The van der Waals surface area contributed by atoms with Crippen molar-refractivity contribution in [3.63, 3.8) is 0 Å². The molecule has 4 aromatic rings. The third-order valence-electron chi connectivity index (χ3n) is 9.56. The molecule has 0 spiro atoms. The zero-order valence-corrected chi connectivity index (χ0v) is 30.3. The second-order valence-corrected chi connectivity index (χ2v) is 17.4. The van der Waals surface area contributed by atoms with Gasteiger partial charge < -0.3 is 19.3 Å². The number of ketones is 1. The summed E-state index contributed by atoms with van der Waals surface area (Å²) in [7, 11) is 0. The molecule has 0 bridgehead atoms. The van der Waals surface area contributed by atoms with Crippen molar-refractivity contribution in [3.05, 3.63) is 93.3 Å². The first-order chi connectivity index (χ1) is 23.4. The standard InChI is InChI=1S/C37H44N2O5S4/c40-31-9-15-38(16-10-31)35(25-47(43)23-29-5-1-3-7-33(29)27-13-19-45-21-27)37(42)36(39-17-11-32(41)12-18-39)26-48(44)24-30-6-2-4-8-34(30)28-14-20-46-22-28/h1-8,13-14,19-22,31-32,35-36,40-41H,9-12,15-18,23-26H2. The van der Waals surface area contributed by atoms with Gasteiger partial charge in [0, 0.05) is 37.3 Å². The number of carbonyl (C=O) groups is 1. The molecule has 2 aromatic heterocycles. The molecular weight excluding hydrogens is 681 g/mol. The van der Waals surface area contributed by atoms with Gasteiger partial charge >= 0.3 is 0 Å². The molecule has 4 heterocycles. The smallest absolute Gasteiger partial charge is 0.176 e. The van der Waals surface area contributed by atoms with Crippen molar-refractivity contribution in [2.24, 2.45) is 0 Å². The SMILES string of the molecule is O=C(C(C[S+]([O-])Cc1ccccc1-c1ccsc1)N1CCC(O)CC1)C(C[S+]([O-])Cc1ccccc1-c1ccsc1)N1CCC(O)CC1. The Morgan fingerprint density at radius 1 is 0.688 bits per heavy atom. The fourth-order valence-corrected chi connectivity index (χ4v) is 11.1. The number of nitrogens with zero attached hydrogens (tertiary/aromatic N) is 2. The van der Waals surface area contributed by atoms with Crippen LogP contribution in [0.4, 0.5) is 0 Å². The minimum Gasteiger partial charge on any atom is -0.616 e. The molecule has 4 unspecified atom stereocenters. The van der Waals surface area contributed by atoms with E-state index in [4.69, 9.17) is 0 Å². The summed E-state index contributed by atoms with van der Waals surface area (Å²) in [6, 6.07) is 18.9. The van der Waals surface area contributed by atoms with Gasteiger partial charge in [-0.2, -0.15) is 22.7 Å². The highest BCUT2D eigenvalue weighted by Crippen LogP contribution is 2.30. The quantitative estimate of drug-likeness (QED) is 0.164. The van der Waals surface area contributed by atoms with Crippen molar-refractivity contribution in [2.45, 2.75) is 61.5 Å². The van der Waals surface area contributed by atoms with Crippen LogP contribution in [0.1, 0.15) is 36.8 Å². The minimum atomic E-state index is -1.35. The molecule has 48 heavy (non-hydrogen) atoms. The molecule has 11 heteroatoms. The normalized spacial score (nSPS) is 19.6. The number of benzene rings is 2. The van der Waals surface area contributed by atoms with Crippen LogP contribution < -0.4 is 0 Å². The molecule has 256 valence electrons. The summed E-state index contributed by atoms with van der Waals surface area (Å²) in [4.78, 5) is 19.0. The average molecular weight is 725 g/mol. The van der Waals surface area contributed by atoms with Crippen molar-refractivity contribution in [1.82, 2.24) is 9.80 Å². The average Bonchev–Trinajstić information content (AvgIpc) is 3.83. The van der Waals surface area contributed by atoms with Gasteiger partial charge in [-0.25, -0.2) is 0 Å². The summed E-state index contributed by atoms with van der Waals surface area (Å²) in [5.74, 6) is 0.957. The van der Waals surface area contributed by atoms with E-state index in [1.807, 2.05) is 47.2 Å². The second kappa shape index (κ2) is 17.3. The third kappa shape index (κ3) is 9.19. The molecule has 0 radical (unpaired) electrons. The Morgan fingerprint density at radius 3 is 1.46 bits per heavy atom. The Labute approximate surface area is 298 Å². The van der Waals surface area contributed by atoms with Gasteiger partial charge in [-0.15, -0.1) is 0 Å². The van der Waals surface area contributed by atoms with Crippen LogP contribution in [-0.2, 0) is 38.7 Å². The first kappa shape index (κ1) is 35.8. The Kier molecular flexibility index (Phi) is 12.9. The number of hydrogen-bond donors (Lipinski definition) is 2. The maximum Gasteiger partial charge on any atom is 0.176 e. The van der Waals surface area contributed by atoms with E-state index in [9.17, 15) is 24.1 Å². The van der Waals surface area contributed by atoms with Gasteiger partial charge in [0.1, 0.15) is 35.1 Å². The Bertz CT molecular complexity index is 1450. The number of rotatable bonds is 14. The summed E-state index contributed by atoms with van der Waals surface area (Å²) >= 11 is 0.549. The molecular formula is C37H44N2O5S4. The van der Waals surface area contributed by atoms with E-state index < -0.39 is 46.6 Å². The first-order valence-corrected chi connectivity index (χ1v) is 21.5. The van der Waals surface area contributed by atoms with Crippen molar-refractivity contribution in [3.8, 4) is 22.3 Å². The fraction of sp³-hybridized carbons (Fsp3) is 0.432. The molecule has 0 saturated carbocycles. The molecule has 2 N–H and O–H groups in total. The lowest BCUT2D eigenvalue weighted by atomic mass is 9.98. The van der Waals surface area contributed by atoms with E-state index in [1.54, 1.807) is 22.7 Å². The fourth-order valence-electron chi connectivity index (χ4n) is 6.86. The lowest BCUT2D eigenvalue weighted by Crippen LogP contribution is -2.58. The van der Waals surface area contributed by atoms with Crippen molar-refractivity contribution in [1.29, 1.82) is 0 Å². The number of thiophene rings is 2. The van der Waals surface area contributed by atoms with Gasteiger partial charge in [0.2, 0.25) is 0 Å². The van der Waals surface area contributed by atoms with Crippen LogP contribution in [0.5, 0.6) is 0 Å². The Morgan fingerprint density at radius 2 is 1.08 bits per heavy atom. The molecule has 2 saturated heterocycles. The number of Topliss-reactive ketones (excluding diaryl/α,β-unsaturated/α-hetero) is 1. The van der Waals surface area contributed by atoms with E-state index in [-0.39, 0.29) is 17.3 Å². The number of piperidine rings is 2. The van der Waals surface area contributed by atoms with Gasteiger partial charge in [0.05, 0.1) is 12.2 Å². The van der Waals surface area contributed by atoms with Crippen LogP contribution in [-0.4, -0.2) is 96.9 Å². The van der Waals surface area contributed by atoms with Crippen molar-refractivity contribution < 1.29 is 24.1 Å². The van der Waals surface area contributed by atoms with Crippen LogP contribution >= 0.6 is 22.7 Å². The minimum absolute atomic E-state index is 0.0540. The number of hydrogen-bond acceptors (Lipinski definition) is 9. The highest BCUT2D eigenvalue weighted by molar-refractivity contribution is 7.91. The largest absolute Gasteiger partial charge is 0.616 e. The summed E-state index contributed by atoms with van der Waals surface area (Å²) in [6.07, 6.45) is 1.42. The molecule has 2 aliphatic heterocycles. The molecule has 2 aliphatic rings. The van der Waals surface area contributed by atoms with Gasteiger partial charge in [-0.1, -0.05) is 48.5 Å². The van der Waals surface area contributed by atoms with Crippen LogP contribution in [0, 0.1) is 0 Å². The second-order valence-electron chi connectivity index (χ2n) is 12.8. The predicted octanol–water partition coefficient (Wildman–Crippen LogP) is 5.56. The van der Waals surface area contributed by atoms with E-state index in [0.717, 1.165) is 33.4 Å². The molecule has 0 aliphatic carbocycles. The van der Waals surface area contributed by atoms with Crippen LogP contribution in [0.2, 0.25) is 0 Å². The van der Waals surface area contributed by atoms with Gasteiger partial charge in [0.25, 0.3) is 0 Å². The van der Waals surface area contributed by atoms with E-state index >= 15 is 0 Å². The van der Waals surface area contributed by atoms with Gasteiger partial charge in [0.15, 0.2) is 5.78 Å². The van der Waals surface area contributed by atoms with E-state index in [0.29, 0.717) is 63.4 Å². The highest BCUT2D eigenvalue weighted by atomic mass is 32.2. The van der Waals surface area contributed by atoms with Gasteiger partial charge in [-0.3, -0.25) is 14.6 Å². The predicted molar refractivity (Wildman–Crippen MR) is 199 cm³/mol. The zero-order chi connectivity index (χ0) is 33.5. The molecule has 6 rings (SSSR count). The Balaban J connectivity index is 1.24. The molecule has 0 amide bonds. The maximum atomic E-state index is 14.8. The number of carbonyl (C=O) groups excluding carboxylic acids is 1. The Hall–Kier alpha value is -2.03. The molecule has 7 nitrogen and oxygen atoms in total. The number of aliphatic hydroxyl groups excluding tert-OH is 2. The zero-order valence-electron chi connectivity index (χ0n) is 27.0. The number of likely N-dealkylation sites (tertiary alicyclic amines) is 2. The highest BCUT2D eigenvalue weighted by Gasteiger charge is 2.41. The lowest BCUT2D eigenvalue weighted by Gasteiger charge is -2.40. The van der Waals surface area contributed by atoms with E-state index in [2.05, 4.69) is 44.8 Å². The van der Waals surface area contributed by atoms with Crippen molar-refractivity contribution in [2.75, 3.05) is 37.7 Å².